The van der Waals surface area contributed by atoms with E-state index in [0.29, 0.717) is 24.2 Å². The first-order chi connectivity index (χ1) is 11.8. The monoisotopic (exact) mass is 427 g/mol. The molecule has 0 unspecified atom stereocenters. The summed E-state index contributed by atoms with van der Waals surface area (Å²) in [7, 11) is 0. The number of aromatic nitrogens is 1. The van der Waals surface area contributed by atoms with Gasteiger partial charge in [-0.05, 0) is 22.0 Å². The van der Waals surface area contributed by atoms with Gasteiger partial charge in [-0.25, -0.2) is 14.2 Å². The van der Waals surface area contributed by atoms with Gasteiger partial charge in [0, 0.05) is 31.6 Å². The van der Waals surface area contributed by atoms with Gasteiger partial charge in [0.2, 0.25) is 0 Å². The first-order valence-corrected chi connectivity index (χ1v) is 8.41. The third-order valence-corrected chi connectivity index (χ3v) is 5.40. The van der Waals surface area contributed by atoms with Gasteiger partial charge >= 0.3 is 6.09 Å². The van der Waals surface area contributed by atoms with Crippen molar-refractivity contribution < 1.29 is 14.3 Å². The lowest BCUT2D eigenvalue weighted by Gasteiger charge is -2.35. The van der Waals surface area contributed by atoms with Crippen LogP contribution in [0.15, 0.2) is 10.5 Å². The van der Waals surface area contributed by atoms with Crippen molar-refractivity contribution in [3.05, 3.63) is 26.9 Å². The standard InChI is InChI=1S/C15H12BrClFN5O2/c16-10-9(17)5-7-12(11(10)18)21-14(20)8(6-19)13(7)22-1-3-23(4-2-22)15(24)25/h5H,1-4H2,(H2,20,21)(H,24,25). The second-order valence-corrected chi connectivity index (χ2v) is 6.67. The Labute approximate surface area is 155 Å². The van der Waals surface area contributed by atoms with Gasteiger partial charge in [0.1, 0.15) is 23.0 Å². The van der Waals surface area contributed by atoms with Gasteiger partial charge in [0.25, 0.3) is 0 Å². The largest absolute Gasteiger partial charge is 0.465 e. The Morgan fingerprint density at radius 1 is 1.44 bits per heavy atom. The molecule has 2 aromatic rings. The van der Waals surface area contributed by atoms with Crippen LogP contribution in [-0.4, -0.2) is 47.3 Å². The van der Waals surface area contributed by atoms with E-state index in [1.165, 1.54) is 11.0 Å². The van der Waals surface area contributed by atoms with Gasteiger partial charge in [0.15, 0.2) is 5.82 Å². The Bertz CT molecular complexity index is 925. The number of pyridine rings is 1. The summed E-state index contributed by atoms with van der Waals surface area (Å²) in [4.78, 5) is 18.2. The quantitative estimate of drug-likeness (QED) is 0.676. The van der Waals surface area contributed by atoms with E-state index < -0.39 is 11.9 Å². The number of hydrogen-bond acceptors (Lipinski definition) is 5. The zero-order valence-corrected chi connectivity index (χ0v) is 15.1. The topological polar surface area (TPSA) is 106 Å². The minimum atomic E-state index is -1.00. The van der Waals surface area contributed by atoms with Gasteiger partial charge in [-0.1, -0.05) is 11.6 Å². The van der Waals surface area contributed by atoms with Crippen LogP contribution < -0.4 is 10.6 Å². The van der Waals surface area contributed by atoms with Crippen LogP contribution in [0.25, 0.3) is 10.9 Å². The van der Waals surface area contributed by atoms with Crippen LogP contribution in [0.2, 0.25) is 5.02 Å². The molecule has 0 atom stereocenters. The van der Waals surface area contributed by atoms with E-state index in [1.807, 2.05) is 11.0 Å². The molecule has 1 aromatic heterocycles. The van der Waals surface area contributed by atoms with Gasteiger partial charge in [-0.15, -0.1) is 0 Å². The van der Waals surface area contributed by atoms with E-state index in [9.17, 15) is 14.4 Å². The summed E-state index contributed by atoms with van der Waals surface area (Å²) in [6.07, 6.45) is -1.00. The van der Waals surface area contributed by atoms with Crippen LogP contribution in [0.3, 0.4) is 0 Å². The van der Waals surface area contributed by atoms with E-state index >= 15 is 0 Å². The van der Waals surface area contributed by atoms with Crippen LogP contribution in [0.5, 0.6) is 0 Å². The molecule has 3 N–H and O–H groups in total. The summed E-state index contributed by atoms with van der Waals surface area (Å²) in [6, 6.07) is 3.53. The molecule has 1 fully saturated rings. The van der Waals surface area contributed by atoms with Crippen molar-refractivity contribution >= 4 is 56.0 Å². The Morgan fingerprint density at radius 2 is 2.08 bits per heavy atom. The average molecular weight is 429 g/mol. The fraction of sp³-hybridized carbons (Fsp3) is 0.267. The molecule has 2 heterocycles. The predicted molar refractivity (Wildman–Crippen MR) is 95.3 cm³/mol. The molecule has 0 saturated carbocycles. The van der Waals surface area contributed by atoms with Crippen molar-refractivity contribution in [3.8, 4) is 6.07 Å². The summed E-state index contributed by atoms with van der Waals surface area (Å²) in [5, 5.41) is 19.1. The lowest BCUT2D eigenvalue weighted by atomic mass is 10.1. The molecule has 3 rings (SSSR count). The Kier molecular flexibility index (Phi) is 4.58. The molecule has 10 heteroatoms. The first-order valence-electron chi connectivity index (χ1n) is 7.24. The number of fused-ring (bicyclic) bond motifs is 1. The minimum Gasteiger partial charge on any atom is -0.465 e. The third-order valence-electron chi connectivity index (χ3n) is 4.10. The zero-order valence-electron chi connectivity index (χ0n) is 12.8. The second-order valence-electron chi connectivity index (χ2n) is 5.47. The zero-order chi connectivity index (χ0) is 18.3. The Balaban J connectivity index is 2.20. The molecule has 1 aromatic carbocycles. The summed E-state index contributed by atoms with van der Waals surface area (Å²) >= 11 is 9.14. The lowest BCUT2D eigenvalue weighted by molar-refractivity contribution is 0.142. The summed E-state index contributed by atoms with van der Waals surface area (Å²) in [5.41, 5.74) is 6.40. The van der Waals surface area contributed by atoms with E-state index in [1.54, 1.807) is 0 Å². The molecule has 0 radical (unpaired) electrons. The van der Waals surface area contributed by atoms with Gasteiger partial charge in [0.05, 0.1) is 15.2 Å². The minimum absolute atomic E-state index is 0.00318. The van der Waals surface area contributed by atoms with Gasteiger partial charge in [-0.3, -0.25) is 0 Å². The number of hydrogen-bond donors (Lipinski definition) is 2. The van der Waals surface area contributed by atoms with E-state index in [2.05, 4.69) is 20.9 Å². The molecule has 130 valence electrons. The Hall–Kier alpha value is -2.31. The summed E-state index contributed by atoms with van der Waals surface area (Å²) in [5.74, 6) is -0.747. The molecule has 1 amide bonds. The van der Waals surface area contributed by atoms with Crippen molar-refractivity contribution in [2.45, 2.75) is 0 Å². The number of rotatable bonds is 1. The highest BCUT2D eigenvalue weighted by Crippen LogP contribution is 2.39. The molecule has 1 aliphatic heterocycles. The number of nitrogens with two attached hydrogens (primary N) is 1. The molecule has 7 nitrogen and oxygen atoms in total. The van der Waals surface area contributed by atoms with E-state index in [4.69, 9.17) is 22.4 Å². The number of nitrogens with zero attached hydrogens (tertiary/aromatic N) is 4. The van der Waals surface area contributed by atoms with Crippen LogP contribution in [0.1, 0.15) is 5.56 Å². The second kappa shape index (κ2) is 6.54. The number of benzene rings is 1. The molecular formula is C15H12BrClFN5O2. The molecular weight excluding hydrogens is 417 g/mol. The predicted octanol–water partition coefficient (Wildman–Crippen LogP) is 3.04. The fourth-order valence-electron chi connectivity index (χ4n) is 2.87. The van der Waals surface area contributed by atoms with Gasteiger partial charge < -0.3 is 20.6 Å². The molecule has 0 spiro atoms. The maximum atomic E-state index is 14.6. The van der Waals surface area contributed by atoms with Crippen molar-refractivity contribution in [1.29, 1.82) is 5.26 Å². The summed E-state index contributed by atoms with van der Waals surface area (Å²) < 4.78 is 14.6. The van der Waals surface area contributed by atoms with Crippen molar-refractivity contribution in [1.82, 2.24) is 9.88 Å². The molecule has 1 aliphatic rings. The van der Waals surface area contributed by atoms with Crippen LogP contribution in [0, 0.1) is 17.1 Å². The number of carbonyl (C=O) groups is 1. The Morgan fingerprint density at radius 3 is 2.64 bits per heavy atom. The fourth-order valence-corrected chi connectivity index (χ4v) is 3.36. The SMILES string of the molecule is N#Cc1c(N)nc2c(F)c(Br)c(Cl)cc2c1N1CCN(C(=O)O)CC1. The number of carboxylic acid groups (broad SMARTS) is 1. The number of nitrogen functional groups attached to an aromatic ring is 1. The highest BCUT2D eigenvalue weighted by atomic mass is 79.9. The molecule has 1 saturated heterocycles. The average Bonchev–Trinajstić information content (AvgIpc) is 2.60. The maximum absolute atomic E-state index is 14.6. The number of anilines is 2. The highest BCUT2D eigenvalue weighted by Gasteiger charge is 2.27. The normalized spacial score (nSPS) is 14.6. The molecule has 0 bridgehead atoms. The van der Waals surface area contributed by atoms with Crippen molar-refractivity contribution in [2.24, 2.45) is 0 Å². The van der Waals surface area contributed by atoms with Crippen LogP contribution >= 0.6 is 27.5 Å². The molecule has 0 aliphatic carbocycles. The smallest absolute Gasteiger partial charge is 0.407 e. The van der Waals surface area contributed by atoms with E-state index in [-0.39, 0.29) is 39.5 Å². The first kappa shape index (κ1) is 17.5. The number of piperazine rings is 1. The number of amides is 1. The summed E-state index contributed by atoms with van der Waals surface area (Å²) in [6.45, 7) is 1.21. The highest BCUT2D eigenvalue weighted by molar-refractivity contribution is 9.10. The van der Waals surface area contributed by atoms with E-state index in [0.717, 1.165) is 0 Å². The third kappa shape index (κ3) is 2.92. The lowest BCUT2D eigenvalue weighted by Crippen LogP contribution is -2.48. The number of nitriles is 1. The van der Waals surface area contributed by atoms with Crippen LogP contribution in [0.4, 0.5) is 20.7 Å². The maximum Gasteiger partial charge on any atom is 0.407 e. The van der Waals surface area contributed by atoms with Crippen molar-refractivity contribution in [2.75, 3.05) is 36.8 Å². The number of halogens is 3. The molecule has 25 heavy (non-hydrogen) atoms. The van der Waals surface area contributed by atoms with Gasteiger partial charge in [-0.2, -0.15) is 5.26 Å². The van der Waals surface area contributed by atoms with Crippen LogP contribution in [-0.2, 0) is 0 Å². The van der Waals surface area contributed by atoms with Crippen molar-refractivity contribution in [3.63, 3.8) is 0 Å².